The van der Waals surface area contributed by atoms with Gasteiger partial charge in [-0.15, -0.1) is 0 Å². The fraction of sp³-hybridized carbons (Fsp3) is 0.531. The molecule has 2 rings (SSSR count). The fourth-order valence-electron chi connectivity index (χ4n) is 4.38. The quantitative estimate of drug-likeness (QED) is 0.298. The third-order valence-electron chi connectivity index (χ3n) is 6.28. The highest BCUT2D eigenvalue weighted by atomic mass is 35.5. The minimum atomic E-state index is -1.17. The van der Waals surface area contributed by atoms with Crippen molar-refractivity contribution in [3.8, 4) is 11.5 Å². The molecule has 0 aliphatic rings. The molecule has 0 saturated carbocycles. The van der Waals surface area contributed by atoms with Crippen molar-refractivity contribution in [2.75, 3.05) is 35.0 Å². The maximum Gasteiger partial charge on any atom is 0.408 e. The molecular formula is C32H46ClN3O8. The number of hydrogen-bond acceptors (Lipinski definition) is 8. The van der Waals surface area contributed by atoms with Gasteiger partial charge >= 0.3 is 6.09 Å². The molecule has 0 saturated heterocycles. The van der Waals surface area contributed by atoms with Crippen LogP contribution in [0.5, 0.6) is 11.5 Å². The second-order valence-electron chi connectivity index (χ2n) is 12.2. The van der Waals surface area contributed by atoms with E-state index in [2.05, 4.69) is 10.6 Å². The Labute approximate surface area is 265 Å². The van der Waals surface area contributed by atoms with Crippen LogP contribution in [0.25, 0.3) is 0 Å². The lowest BCUT2D eigenvalue weighted by Gasteiger charge is -2.37. The van der Waals surface area contributed by atoms with Gasteiger partial charge in [0.2, 0.25) is 11.8 Å². The summed E-state index contributed by atoms with van der Waals surface area (Å²) < 4.78 is 27.2. The lowest BCUT2D eigenvalue weighted by Crippen LogP contribution is -2.56. The van der Waals surface area contributed by atoms with Crippen LogP contribution in [0.3, 0.4) is 0 Å². The van der Waals surface area contributed by atoms with E-state index in [1.165, 1.54) is 33.3 Å². The van der Waals surface area contributed by atoms with E-state index in [0.717, 1.165) is 0 Å². The van der Waals surface area contributed by atoms with Gasteiger partial charge in [-0.1, -0.05) is 29.8 Å². The third kappa shape index (κ3) is 11.2. The van der Waals surface area contributed by atoms with Crippen molar-refractivity contribution in [2.24, 2.45) is 0 Å². The van der Waals surface area contributed by atoms with Crippen LogP contribution in [-0.4, -0.2) is 81.3 Å². The molecule has 1 unspecified atom stereocenters. The number of rotatable bonds is 13. The van der Waals surface area contributed by atoms with Gasteiger partial charge in [0.25, 0.3) is 0 Å². The topological polar surface area (TPSA) is 125 Å². The number of halogens is 1. The Morgan fingerprint density at radius 3 is 1.95 bits per heavy atom. The van der Waals surface area contributed by atoms with Crippen LogP contribution < -0.4 is 20.1 Å². The molecule has 2 N–H and O–H groups in total. The van der Waals surface area contributed by atoms with Crippen LogP contribution in [0.1, 0.15) is 58.7 Å². The molecule has 2 aromatic rings. The molecule has 11 nitrogen and oxygen atoms in total. The van der Waals surface area contributed by atoms with Gasteiger partial charge in [-0.25, -0.2) is 4.79 Å². The Balaban J connectivity index is 2.70. The van der Waals surface area contributed by atoms with Gasteiger partial charge in [0.05, 0.1) is 20.8 Å². The van der Waals surface area contributed by atoms with E-state index in [0.29, 0.717) is 27.6 Å². The van der Waals surface area contributed by atoms with Crippen molar-refractivity contribution < 1.29 is 38.1 Å². The van der Waals surface area contributed by atoms with E-state index in [9.17, 15) is 14.4 Å². The summed E-state index contributed by atoms with van der Waals surface area (Å²) in [7, 11) is 5.89. The number of carbonyl (C=O) groups excluding carboxylic acids is 3. The second-order valence-corrected chi connectivity index (χ2v) is 12.6. The van der Waals surface area contributed by atoms with E-state index in [1.807, 2.05) is 20.8 Å². The van der Waals surface area contributed by atoms with Crippen molar-refractivity contribution in [2.45, 2.75) is 77.5 Å². The lowest BCUT2D eigenvalue weighted by atomic mass is 9.99. The summed E-state index contributed by atoms with van der Waals surface area (Å²) in [5.74, 6) is -0.0618. The summed E-state index contributed by atoms with van der Waals surface area (Å²) in [4.78, 5) is 42.9. The van der Waals surface area contributed by atoms with Gasteiger partial charge in [0.1, 0.15) is 17.7 Å². The SMILES string of the molecule is COc1ccc(C[C@H](NC(=O)OC(C)(C)C)C(=O)N(CC(OC)OC)C(C(=O)NC(C)(C)C)c2ccc(Cl)cc2)cc1OC. The van der Waals surface area contributed by atoms with Crippen LogP contribution in [-0.2, 0) is 30.2 Å². The van der Waals surface area contributed by atoms with Gasteiger partial charge < -0.3 is 39.2 Å². The minimum absolute atomic E-state index is 0.0355. The zero-order valence-electron chi connectivity index (χ0n) is 27.3. The van der Waals surface area contributed by atoms with Crippen LogP contribution in [0.15, 0.2) is 42.5 Å². The van der Waals surface area contributed by atoms with E-state index >= 15 is 0 Å². The summed E-state index contributed by atoms with van der Waals surface area (Å²) in [6.07, 6.45) is -1.65. The summed E-state index contributed by atoms with van der Waals surface area (Å²) in [6, 6.07) is 9.51. The van der Waals surface area contributed by atoms with Gasteiger partial charge in [-0.3, -0.25) is 9.59 Å². The highest BCUT2D eigenvalue weighted by Crippen LogP contribution is 2.30. The molecular weight excluding hydrogens is 590 g/mol. The molecule has 0 heterocycles. The first kappa shape index (κ1) is 36.7. The van der Waals surface area contributed by atoms with Gasteiger partial charge in [-0.05, 0) is 76.9 Å². The van der Waals surface area contributed by atoms with E-state index in [4.69, 9.17) is 35.3 Å². The summed E-state index contributed by atoms with van der Waals surface area (Å²) in [5, 5.41) is 6.16. The number of hydrogen-bond donors (Lipinski definition) is 2. The number of nitrogens with zero attached hydrogens (tertiary/aromatic N) is 1. The summed E-state index contributed by atoms with van der Waals surface area (Å²) in [5.41, 5.74) is -0.283. The average molecular weight is 636 g/mol. The molecule has 0 aliphatic heterocycles. The van der Waals surface area contributed by atoms with Crippen LogP contribution in [0.2, 0.25) is 5.02 Å². The molecule has 0 radical (unpaired) electrons. The smallest absolute Gasteiger partial charge is 0.408 e. The van der Waals surface area contributed by atoms with Crippen molar-refractivity contribution in [1.29, 1.82) is 0 Å². The largest absolute Gasteiger partial charge is 0.493 e. The van der Waals surface area contributed by atoms with Crippen molar-refractivity contribution in [3.63, 3.8) is 0 Å². The Kier molecular flexibility index (Phi) is 13.3. The fourth-order valence-corrected chi connectivity index (χ4v) is 4.50. The Bertz CT molecular complexity index is 1250. The summed E-state index contributed by atoms with van der Waals surface area (Å²) >= 11 is 6.17. The molecule has 0 bridgehead atoms. The molecule has 0 spiro atoms. The number of carbonyl (C=O) groups is 3. The number of methoxy groups -OCH3 is 4. The maximum absolute atomic E-state index is 14.6. The molecule has 244 valence electrons. The van der Waals surface area contributed by atoms with E-state index in [1.54, 1.807) is 63.2 Å². The van der Waals surface area contributed by atoms with Crippen LogP contribution in [0, 0.1) is 0 Å². The van der Waals surface area contributed by atoms with E-state index in [-0.39, 0.29) is 13.0 Å². The highest BCUT2D eigenvalue weighted by Gasteiger charge is 2.39. The number of ether oxygens (including phenoxy) is 5. The predicted octanol–water partition coefficient (Wildman–Crippen LogP) is 4.90. The van der Waals surface area contributed by atoms with Crippen molar-refractivity contribution >= 4 is 29.5 Å². The number of amides is 3. The zero-order valence-corrected chi connectivity index (χ0v) is 28.0. The molecule has 3 amide bonds. The first-order chi connectivity index (χ1) is 20.5. The second kappa shape index (κ2) is 16.0. The zero-order chi connectivity index (χ0) is 33.2. The molecule has 2 atom stereocenters. The maximum atomic E-state index is 14.6. The normalized spacial score (nSPS) is 13.1. The van der Waals surface area contributed by atoms with Gasteiger partial charge in [0, 0.05) is 31.2 Å². The highest BCUT2D eigenvalue weighted by molar-refractivity contribution is 6.30. The first-order valence-electron chi connectivity index (χ1n) is 14.2. The lowest BCUT2D eigenvalue weighted by molar-refractivity contribution is -0.156. The standard InChI is InChI=1S/C32H46ClN3O8/c1-31(2,3)35-28(37)27(21-12-14-22(33)15-13-21)36(19-26(42-9)43-10)29(38)23(34-30(39)44-32(4,5)6)17-20-11-16-24(40-7)25(18-20)41-8/h11-16,18,23,26-27H,17,19H2,1-10H3,(H,34,39)(H,35,37)/t23-,27?/m0/s1. The number of nitrogens with one attached hydrogen (secondary N) is 2. The van der Waals surface area contributed by atoms with Gasteiger partial charge in [-0.2, -0.15) is 0 Å². The monoisotopic (exact) mass is 635 g/mol. The molecule has 0 aliphatic carbocycles. The number of benzene rings is 2. The number of alkyl carbamates (subject to hydrolysis) is 1. The third-order valence-corrected chi connectivity index (χ3v) is 6.53. The Hall–Kier alpha value is -3.54. The average Bonchev–Trinajstić information content (AvgIpc) is 2.93. The van der Waals surface area contributed by atoms with Crippen molar-refractivity contribution in [3.05, 3.63) is 58.6 Å². The van der Waals surface area contributed by atoms with Crippen LogP contribution >= 0.6 is 11.6 Å². The minimum Gasteiger partial charge on any atom is -0.493 e. The van der Waals surface area contributed by atoms with Crippen LogP contribution in [0.4, 0.5) is 4.79 Å². The molecule has 2 aromatic carbocycles. The van der Waals surface area contributed by atoms with Crippen molar-refractivity contribution in [1.82, 2.24) is 15.5 Å². The summed E-state index contributed by atoms with van der Waals surface area (Å²) in [6.45, 7) is 10.5. The van der Waals surface area contributed by atoms with Gasteiger partial charge in [0.15, 0.2) is 17.8 Å². The predicted molar refractivity (Wildman–Crippen MR) is 168 cm³/mol. The molecule has 44 heavy (non-hydrogen) atoms. The van der Waals surface area contributed by atoms with E-state index < -0.39 is 47.4 Å². The first-order valence-corrected chi connectivity index (χ1v) is 14.5. The molecule has 0 aromatic heterocycles. The Morgan fingerprint density at radius 1 is 0.864 bits per heavy atom. The molecule has 0 fully saturated rings. The molecule has 12 heteroatoms. The Morgan fingerprint density at radius 2 is 1.45 bits per heavy atom.